The van der Waals surface area contributed by atoms with Crippen LogP contribution in [0.15, 0.2) is 48.5 Å². The molecular formula is C23H26N2O3S. The van der Waals surface area contributed by atoms with Crippen molar-refractivity contribution in [3.63, 3.8) is 0 Å². The third-order valence-corrected chi connectivity index (χ3v) is 7.55. The Balaban J connectivity index is 1.62. The summed E-state index contributed by atoms with van der Waals surface area (Å²) in [5, 5.41) is 2.38. The molecule has 0 saturated carbocycles. The number of carbonyl (C=O) groups is 1. The Labute approximate surface area is 171 Å². The third kappa shape index (κ3) is 3.69. The number of carbonyl (C=O) groups excluding carboxylic acids is 1. The minimum atomic E-state index is -3.02. The number of fused-ring (bicyclic) bond motifs is 3. The summed E-state index contributed by atoms with van der Waals surface area (Å²) in [6, 6.07) is 14.4. The Bertz CT molecular complexity index is 1210. The predicted molar refractivity (Wildman–Crippen MR) is 119 cm³/mol. The van der Waals surface area contributed by atoms with Crippen LogP contribution in [0.25, 0.3) is 27.9 Å². The molecule has 1 saturated heterocycles. The second kappa shape index (κ2) is 7.67. The molecular weight excluding hydrogens is 384 g/mol. The van der Waals surface area contributed by atoms with E-state index in [-0.39, 0.29) is 23.5 Å². The normalized spacial score (nSPS) is 18.8. The summed E-state index contributed by atoms with van der Waals surface area (Å²) in [6.07, 6.45) is 3.92. The number of amides is 1. The zero-order valence-electron chi connectivity index (χ0n) is 16.8. The van der Waals surface area contributed by atoms with Gasteiger partial charge in [-0.05, 0) is 50.1 Å². The van der Waals surface area contributed by atoms with Crippen molar-refractivity contribution in [3.8, 4) is 0 Å². The number of aromatic nitrogens is 1. The molecule has 5 nitrogen and oxygen atoms in total. The number of sulfone groups is 1. The highest BCUT2D eigenvalue weighted by atomic mass is 32.2. The quantitative estimate of drug-likeness (QED) is 0.600. The molecule has 0 spiro atoms. The highest BCUT2D eigenvalue weighted by Gasteiger charge is 2.33. The Kier molecular flexibility index (Phi) is 5.21. The maximum absolute atomic E-state index is 12.7. The molecule has 0 radical (unpaired) electrons. The summed E-state index contributed by atoms with van der Waals surface area (Å²) < 4.78 is 25.8. The lowest BCUT2D eigenvalue weighted by molar-refractivity contribution is -0.127. The largest absolute Gasteiger partial charge is 0.341 e. The molecule has 29 heavy (non-hydrogen) atoms. The van der Waals surface area contributed by atoms with Gasteiger partial charge in [0.25, 0.3) is 0 Å². The highest BCUT2D eigenvalue weighted by molar-refractivity contribution is 7.91. The molecule has 1 atom stereocenters. The van der Waals surface area contributed by atoms with Crippen LogP contribution in [0, 0.1) is 0 Å². The van der Waals surface area contributed by atoms with Crippen LogP contribution in [0.5, 0.6) is 0 Å². The Morgan fingerprint density at radius 1 is 1.14 bits per heavy atom. The van der Waals surface area contributed by atoms with Crippen molar-refractivity contribution in [2.45, 2.75) is 32.9 Å². The van der Waals surface area contributed by atoms with Crippen LogP contribution >= 0.6 is 0 Å². The average Bonchev–Trinajstić information content (AvgIpc) is 3.23. The molecule has 4 rings (SSSR count). The summed E-state index contributed by atoms with van der Waals surface area (Å²) in [5.74, 6) is 0.109. The summed E-state index contributed by atoms with van der Waals surface area (Å²) in [6.45, 7) is 5.43. The molecule has 1 aliphatic heterocycles. The third-order valence-electron chi connectivity index (χ3n) is 5.80. The molecule has 2 aromatic carbocycles. The van der Waals surface area contributed by atoms with E-state index in [0.29, 0.717) is 13.0 Å². The van der Waals surface area contributed by atoms with Gasteiger partial charge in [-0.15, -0.1) is 0 Å². The van der Waals surface area contributed by atoms with Crippen LogP contribution in [-0.2, 0) is 21.2 Å². The van der Waals surface area contributed by atoms with Crippen LogP contribution in [0.2, 0.25) is 0 Å². The van der Waals surface area contributed by atoms with Crippen LogP contribution in [-0.4, -0.2) is 47.9 Å². The number of aryl methyl sites for hydroxylation is 1. The van der Waals surface area contributed by atoms with Crippen LogP contribution < -0.4 is 0 Å². The SMILES string of the molecule is CCN(C(=O)/C=C/c1ccc2c(c1)c1ccccc1n2CC)C1CCS(=O)(=O)C1. The van der Waals surface area contributed by atoms with Gasteiger partial charge in [0.05, 0.1) is 11.5 Å². The number of para-hydroxylation sites is 1. The lowest BCUT2D eigenvalue weighted by Crippen LogP contribution is -2.40. The summed E-state index contributed by atoms with van der Waals surface area (Å²) in [5.41, 5.74) is 3.35. The van der Waals surface area contributed by atoms with Crippen molar-refractivity contribution < 1.29 is 13.2 Å². The minimum Gasteiger partial charge on any atom is -0.341 e. The van der Waals surface area contributed by atoms with E-state index in [2.05, 4.69) is 41.8 Å². The average molecular weight is 411 g/mol. The number of hydrogen-bond acceptors (Lipinski definition) is 3. The van der Waals surface area contributed by atoms with Crippen molar-refractivity contribution >= 4 is 43.6 Å². The minimum absolute atomic E-state index is 0.0723. The fourth-order valence-corrected chi connectivity index (χ4v) is 6.12. The van der Waals surface area contributed by atoms with Gasteiger partial charge in [0.15, 0.2) is 9.84 Å². The van der Waals surface area contributed by atoms with Gasteiger partial charge >= 0.3 is 0 Å². The van der Waals surface area contributed by atoms with Crippen molar-refractivity contribution in [2.24, 2.45) is 0 Å². The fraction of sp³-hybridized carbons (Fsp3) is 0.348. The van der Waals surface area contributed by atoms with Crippen molar-refractivity contribution in [3.05, 3.63) is 54.1 Å². The second-order valence-corrected chi connectivity index (χ2v) is 9.78. The Hall–Kier alpha value is -2.60. The van der Waals surface area contributed by atoms with Gasteiger partial charge in [-0.2, -0.15) is 0 Å². The first-order valence-electron chi connectivity index (χ1n) is 10.1. The molecule has 1 aliphatic rings. The molecule has 0 bridgehead atoms. The van der Waals surface area contributed by atoms with Gasteiger partial charge in [0.2, 0.25) is 5.91 Å². The number of benzene rings is 2. The van der Waals surface area contributed by atoms with E-state index in [9.17, 15) is 13.2 Å². The summed E-state index contributed by atoms with van der Waals surface area (Å²) in [4.78, 5) is 14.4. The zero-order valence-corrected chi connectivity index (χ0v) is 17.7. The molecule has 1 unspecified atom stereocenters. The number of rotatable bonds is 5. The number of nitrogens with zero attached hydrogens (tertiary/aromatic N) is 2. The zero-order chi connectivity index (χ0) is 20.6. The molecule has 1 aromatic heterocycles. The van der Waals surface area contributed by atoms with E-state index in [0.717, 1.165) is 12.1 Å². The lowest BCUT2D eigenvalue weighted by Gasteiger charge is -2.25. The number of likely N-dealkylation sites (N-methyl/N-ethyl adjacent to an activating group) is 1. The van der Waals surface area contributed by atoms with E-state index in [1.807, 2.05) is 25.1 Å². The molecule has 1 amide bonds. The molecule has 3 aromatic rings. The number of hydrogen-bond donors (Lipinski definition) is 0. The van der Waals surface area contributed by atoms with Crippen LogP contribution in [0.4, 0.5) is 0 Å². The first kappa shape index (κ1) is 19.7. The van der Waals surface area contributed by atoms with Crippen molar-refractivity contribution in [2.75, 3.05) is 18.1 Å². The summed E-state index contributed by atoms with van der Waals surface area (Å²) >= 11 is 0. The molecule has 6 heteroatoms. The topological polar surface area (TPSA) is 59.4 Å². The molecule has 0 N–H and O–H groups in total. The van der Waals surface area contributed by atoms with E-state index < -0.39 is 9.84 Å². The first-order chi connectivity index (χ1) is 13.9. The Morgan fingerprint density at radius 3 is 2.59 bits per heavy atom. The van der Waals surface area contributed by atoms with Gasteiger partial charge in [-0.25, -0.2) is 8.42 Å². The van der Waals surface area contributed by atoms with Crippen LogP contribution in [0.3, 0.4) is 0 Å². The fourth-order valence-electron chi connectivity index (χ4n) is 4.39. The predicted octanol–water partition coefficient (Wildman–Crippen LogP) is 3.86. The maximum Gasteiger partial charge on any atom is 0.246 e. The van der Waals surface area contributed by atoms with E-state index >= 15 is 0 Å². The summed E-state index contributed by atoms with van der Waals surface area (Å²) in [7, 11) is -3.02. The Morgan fingerprint density at radius 2 is 1.90 bits per heavy atom. The van der Waals surface area contributed by atoms with Gasteiger partial charge in [0.1, 0.15) is 0 Å². The molecule has 0 aliphatic carbocycles. The highest BCUT2D eigenvalue weighted by Crippen LogP contribution is 2.30. The van der Waals surface area contributed by atoms with Crippen molar-refractivity contribution in [1.82, 2.24) is 9.47 Å². The van der Waals surface area contributed by atoms with E-state index in [1.54, 1.807) is 11.0 Å². The lowest BCUT2D eigenvalue weighted by atomic mass is 10.1. The van der Waals surface area contributed by atoms with Gasteiger partial charge in [-0.3, -0.25) is 4.79 Å². The van der Waals surface area contributed by atoms with Crippen LogP contribution in [0.1, 0.15) is 25.8 Å². The standard InChI is InChI=1S/C23H26N2O3S/c1-3-24(18-13-14-29(27,28)16-18)23(26)12-10-17-9-11-22-20(15-17)19-7-5-6-8-21(19)25(22)4-2/h5-12,15,18H,3-4,13-14,16H2,1-2H3/b12-10+. The maximum atomic E-state index is 12.7. The van der Waals surface area contributed by atoms with E-state index in [4.69, 9.17) is 0 Å². The first-order valence-corrected chi connectivity index (χ1v) is 12.0. The second-order valence-electron chi connectivity index (χ2n) is 7.55. The van der Waals surface area contributed by atoms with E-state index in [1.165, 1.54) is 21.8 Å². The molecule has 152 valence electrons. The van der Waals surface area contributed by atoms with Gasteiger partial charge in [0, 0.05) is 47.0 Å². The molecule has 1 fully saturated rings. The monoisotopic (exact) mass is 410 g/mol. The van der Waals surface area contributed by atoms with Gasteiger partial charge in [-0.1, -0.05) is 24.3 Å². The molecule has 2 heterocycles. The van der Waals surface area contributed by atoms with Crippen molar-refractivity contribution in [1.29, 1.82) is 0 Å². The smallest absolute Gasteiger partial charge is 0.246 e. The van der Waals surface area contributed by atoms with Gasteiger partial charge < -0.3 is 9.47 Å².